The van der Waals surface area contributed by atoms with Crippen molar-refractivity contribution in [2.45, 2.75) is 0 Å². The summed E-state index contributed by atoms with van der Waals surface area (Å²) in [5.41, 5.74) is 2.21. The van der Waals surface area contributed by atoms with Crippen LogP contribution in [0, 0.1) is 0 Å². The monoisotopic (exact) mass is 665 g/mol. The maximum Gasteiger partial charge on any atom is 0.164 e. The molecule has 51 heavy (non-hydrogen) atoms. The van der Waals surface area contributed by atoms with Gasteiger partial charge in [0.25, 0.3) is 0 Å². The van der Waals surface area contributed by atoms with Gasteiger partial charge in [-0.25, -0.2) is 15.0 Å². The zero-order chi connectivity index (χ0) is 45.9. The molecule has 0 radical (unpaired) electrons. The number of nitrogens with zero attached hydrogens (tertiary/aromatic N) is 3. The largest absolute Gasteiger partial charge is 0.455 e. The molecule has 10 aromatic rings. The van der Waals surface area contributed by atoms with E-state index >= 15 is 0 Å². The summed E-state index contributed by atoms with van der Waals surface area (Å²) in [4.78, 5) is 13.7. The van der Waals surface area contributed by atoms with Crippen molar-refractivity contribution < 1.29 is 23.6 Å². The van der Waals surface area contributed by atoms with Crippen molar-refractivity contribution in [1.29, 1.82) is 0 Å². The van der Waals surface area contributed by atoms with Gasteiger partial charge in [0.1, 0.15) is 11.2 Å². The molecule has 0 atom stereocenters. The molecule has 0 aliphatic carbocycles. The second kappa shape index (κ2) is 11.9. The highest BCUT2D eigenvalue weighted by Gasteiger charge is 2.21. The fourth-order valence-electron chi connectivity index (χ4n) is 6.53. The number of hydrogen-bond donors (Lipinski definition) is 0. The minimum absolute atomic E-state index is 0.0846. The summed E-state index contributed by atoms with van der Waals surface area (Å²) in [6.07, 6.45) is 0. The molecule has 2 aromatic heterocycles. The summed E-state index contributed by atoms with van der Waals surface area (Å²) in [5, 5.41) is 3.85. The Hall–Kier alpha value is -6.91. The van der Waals surface area contributed by atoms with Gasteiger partial charge in [-0.2, -0.15) is 0 Å². The summed E-state index contributed by atoms with van der Waals surface area (Å²) in [5.74, 6) is -0.932. The molecule has 0 fully saturated rings. The van der Waals surface area contributed by atoms with E-state index in [-0.39, 0.29) is 35.6 Å². The van der Waals surface area contributed by atoms with Crippen LogP contribution in [-0.4, -0.2) is 15.0 Å². The molecule has 0 amide bonds. The minimum Gasteiger partial charge on any atom is -0.455 e. The highest BCUT2D eigenvalue weighted by atomic mass is 16.3. The Morgan fingerprint density at radius 1 is 0.412 bits per heavy atom. The maximum atomic E-state index is 9.66. The predicted molar refractivity (Wildman–Crippen MR) is 209 cm³/mol. The van der Waals surface area contributed by atoms with Crippen LogP contribution >= 0.6 is 0 Å². The highest BCUT2D eigenvalue weighted by molar-refractivity contribution is 6.19. The molecule has 0 saturated heterocycles. The third kappa shape index (κ3) is 4.96. The van der Waals surface area contributed by atoms with Gasteiger partial charge < -0.3 is 4.42 Å². The molecule has 0 unspecified atom stereocenters. The van der Waals surface area contributed by atoms with E-state index in [1.807, 2.05) is 42.5 Å². The number of benzene rings is 8. The number of rotatable bonds is 5. The quantitative estimate of drug-likeness (QED) is 0.184. The van der Waals surface area contributed by atoms with Crippen LogP contribution in [0.15, 0.2) is 180 Å². The van der Waals surface area contributed by atoms with Crippen molar-refractivity contribution in [3.8, 4) is 56.4 Å². The van der Waals surface area contributed by atoms with Crippen molar-refractivity contribution in [2.75, 3.05) is 0 Å². The Balaban J connectivity index is 1.27. The number of fused-ring (bicyclic) bond motifs is 5. The molecule has 0 saturated carbocycles. The van der Waals surface area contributed by atoms with Gasteiger partial charge in [0.15, 0.2) is 17.5 Å². The Labute approximate surface area is 314 Å². The summed E-state index contributed by atoms with van der Waals surface area (Å²) in [6, 6.07) is 20.2. The molecule has 0 bridgehead atoms. The van der Waals surface area contributed by atoms with E-state index in [1.54, 1.807) is 42.5 Å². The summed E-state index contributed by atoms with van der Waals surface area (Å²) in [6.45, 7) is 0. The first kappa shape index (κ1) is 18.2. The Morgan fingerprint density at radius 2 is 1.04 bits per heavy atom. The molecule has 4 heteroatoms. The van der Waals surface area contributed by atoms with E-state index in [4.69, 9.17) is 22.2 Å². The smallest absolute Gasteiger partial charge is 0.164 e. The van der Waals surface area contributed by atoms with Crippen LogP contribution in [0.2, 0.25) is 0 Å². The second-order valence-electron chi connectivity index (χ2n) is 11.7. The molecular weight excluding hydrogens is 623 g/mol. The van der Waals surface area contributed by atoms with Crippen molar-refractivity contribution in [1.82, 2.24) is 15.0 Å². The van der Waals surface area contributed by atoms with Crippen LogP contribution in [0.25, 0.3) is 99.9 Å². The molecule has 238 valence electrons. The molecule has 4 nitrogen and oxygen atoms in total. The van der Waals surface area contributed by atoms with Gasteiger partial charge in [-0.3, -0.25) is 0 Å². The van der Waals surface area contributed by atoms with Gasteiger partial charge >= 0.3 is 0 Å². The molecule has 0 spiro atoms. The van der Waals surface area contributed by atoms with Gasteiger partial charge in [-0.1, -0.05) is 151 Å². The Morgan fingerprint density at radius 3 is 1.78 bits per heavy atom. The first-order valence-electron chi connectivity index (χ1n) is 23.0. The molecule has 8 aromatic carbocycles. The van der Waals surface area contributed by atoms with Crippen LogP contribution < -0.4 is 0 Å². The lowest BCUT2D eigenvalue weighted by Crippen LogP contribution is -2.00. The summed E-state index contributed by atoms with van der Waals surface area (Å²) >= 11 is 0. The van der Waals surface area contributed by atoms with E-state index in [0.717, 1.165) is 16.3 Å². The zero-order valence-electron chi connectivity index (χ0n) is 40.4. The lowest BCUT2D eigenvalue weighted by atomic mass is 9.90. The van der Waals surface area contributed by atoms with E-state index in [1.165, 1.54) is 6.07 Å². The summed E-state index contributed by atoms with van der Waals surface area (Å²) < 4.78 is 127. The van der Waals surface area contributed by atoms with Gasteiger partial charge in [0.2, 0.25) is 0 Å². The molecule has 0 N–H and O–H groups in total. The molecule has 0 aliphatic heterocycles. The molecule has 0 aliphatic rings. The van der Waals surface area contributed by atoms with Crippen molar-refractivity contribution in [3.05, 3.63) is 176 Å². The zero-order valence-corrected chi connectivity index (χ0v) is 26.4. The number of furan rings is 1. The average molecular weight is 666 g/mol. The molecule has 2 heterocycles. The predicted octanol–water partition coefficient (Wildman–Crippen LogP) is 12.4. The van der Waals surface area contributed by atoms with Crippen LogP contribution in [0.1, 0.15) is 19.2 Å². The van der Waals surface area contributed by atoms with Crippen LogP contribution in [0.5, 0.6) is 0 Å². The standard InChI is InChI=1S/C47H29N3O/c1-3-14-31(15-4-1)45-48-46(32-16-5-2-6-17-32)50-47(49-45)40-28-26-38(36-19-9-10-20-37(36)40)39-27-25-35(34-24-23-30-13-7-8-18-33(30)29-34)44-43(39)41-21-11-12-22-42(41)51-44/h1-29H/i1D,2D,3D,4D,5D,6D,11D,12D,14D,15D,16D,17D,22D,27D. The molecule has 10 rings (SSSR count). The third-order valence-corrected chi connectivity index (χ3v) is 8.84. The van der Waals surface area contributed by atoms with E-state index in [2.05, 4.69) is 15.0 Å². The SMILES string of the molecule is [2H]c1cc2c(oc3c(-c4ccc5ccccc5c4)cc([2H])c(-c4ccc(-c5nc(-c6c([2H])c([2H])c([2H])c([2H])c6[2H])nc(-c6c([2H])c([2H])c([2H])c([2H])c6[2H])n5)c5ccccc45)c32)c([2H])c1[2H]. The van der Waals surface area contributed by atoms with Crippen LogP contribution in [0.4, 0.5) is 0 Å². The van der Waals surface area contributed by atoms with Gasteiger partial charge in [-0.05, 0) is 62.5 Å². The number of hydrogen-bond acceptors (Lipinski definition) is 4. The van der Waals surface area contributed by atoms with Crippen LogP contribution in [-0.2, 0) is 0 Å². The second-order valence-corrected chi connectivity index (χ2v) is 11.7. The maximum absolute atomic E-state index is 9.66. The fourth-order valence-corrected chi connectivity index (χ4v) is 6.53. The molecular formula is C47H29N3O. The minimum atomic E-state index is -0.660. The van der Waals surface area contributed by atoms with Crippen molar-refractivity contribution in [3.63, 3.8) is 0 Å². The first-order valence-corrected chi connectivity index (χ1v) is 16.0. The normalized spacial score (nSPS) is 15.4. The van der Waals surface area contributed by atoms with E-state index < -0.39 is 83.2 Å². The number of para-hydroxylation sites is 1. The average Bonchev–Trinajstić information content (AvgIpc) is 3.69. The lowest BCUT2D eigenvalue weighted by Gasteiger charge is -2.14. The van der Waals surface area contributed by atoms with E-state index in [0.29, 0.717) is 49.4 Å². The van der Waals surface area contributed by atoms with Gasteiger partial charge in [0.05, 0.1) is 19.2 Å². The van der Waals surface area contributed by atoms with Crippen LogP contribution in [0.3, 0.4) is 0 Å². The van der Waals surface area contributed by atoms with Crippen molar-refractivity contribution >= 4 is 43.5 Å². The van der Waals surface area contributed by atoms with Crippen molar-refractivity contribution in [2.24, 2.45) is 0 Å². The Kier molecular flexibility index (Phi) is 4.24. The summed E-state index contributed by atoms with van der Waals surface area (Å²) in [7, 11) is 0. The topological polar surface area (TPSA) is 51.8 Å². The third-order valence-electron chi connectivity index (χ3n) is 8.84. The first-order chi connectivity index (χ1) is 31.1. The van der Waals surface area contributed by atoms with E-state index in [9.17, 15) is 1.37 Å². The lowest BCUT2D eigenvalue weighted by molar-refractivity contribution is 0.670. The number of aromatic nitrogens is 3. The van der Waals surface area contributed by atoms with Gasteiger partial charge in [-0.15, -0.1) is 0 Å². The van der Waals surface area contributed by atoms with Gasteiger partial charge in [0, 0.05) is 33.0 Å². The Bertz CT molecular complexity index is 3600. The fraction of sp³-hybridized carbons (Fsp3) is 0. The highest BCUT2D eigenvalue weighted by Crippen LogP contribution is 2.45.